The van der Waals surface area contributed by atoms with Crippen LogP contribution in [-0.2, 0) is 11.3 Å². The lowest BCUT2D eigenvalue weighted by Crippen LogP contribution is -2.28. The summed E-state index contributed by atoms with van der Waals surface area (Å²) < 4.78 is 20.9. The largest absolute Gasteiger partial charge is 0.492 e. The van der Waals surface area contributed by atoms with Crippen molar-refractivity contribution < 1.29 is 13.9 Å². The zero-order valence-electron chi connectivity index (χ0n) is 17.1. The van der Waals surface area contributed by atoms with E-state index >= 15 is 0 Å². The van der Waals surface area contributed by atoms with Gasteiger partial charge in [0.1, 0.15) is 18.2 Å². The molecule has 0 aliphatic carbocycles. The van der Waals surface area contributed by atoms with E-state index in [9.17, 15) is 9.18 Å². The maximum Gasteiger partial charge on any atom is 0.237 e. The van der Waals surface area contributed by atoms with E-state index < -0.39 is 0 Å². The molecule has 0 aliphatic rings. The van der Waals surface area contributed by atoms with Crippen LogP contribution in [0.2, 0.25) is 0 Å². The molecule has 0 atom stereocenters. The molecule has 0 fully saturated rings. The zero-order chi connectivity index (χ0) is 21.6. The van der Waals surface area contributed by atoms with Gasteiger partial charge in [-0.1, -0.05) is 42.1 Å². The summed E-state index contributed by atoms with van der Waals surface area (Å²) in [5.41, 5.74) is 2.71. The van der Waals surface area contributed by atoms with E-state index in [0.29, 0.717) is 18.9 Å². The lowest BCUT2D eigenvalue weighted by molar-refractivity contribution is -0.115. The van der Waals surface area contributed by atoms with Crippen LogP contribution in [0.4, 0.5) is 10.1 Å². The number of benzene rings is 3. The van der Waals surface area contributed by atoms with Crippen LogP contribution in [-0.4, -0.2) is 34.9 Å². The Morgan fingerprint density at radius 1 is 1.03 bits per heavy atom. The number of ether oxygens (including phenoxy) is 1. The number of nitrogens with zero attached hydrogens (tertiary/aromatic N) is 3. The molecule has 0 aliphatic heterocycles. The Morgan fingerprint density at radius 3 is 2.52 bits per heavy atom. The number of para-hydroxylation sites is 3. The smallest absolute Gasteiger partial charge is 0.237 e. The number of carbonyl (C=O) groups excluding carboxylic acids is 1. The molecule has 1 aromatic heterocycles. The molecule has 0 radical (unpaired) electrons. The van der Waals surface area contributed by atoms with Crippen molar-refractivity contribution in [2.45, 2.75) is 11.7 Å². The van der Waals surface area contributed by atoms with E-state index in [4.69, 9.17) is 9.72 Å². The minimum absolute atomic E-state index is 0.00244. The maximum atomic E-state index is 13.1. The maximum absolute atomic E-state index is 13.1. The monoisotopic (exact) mass is 435 g/mol. The molecular weight excluding hydrogens is 413 g/mol. The first-order valence-corrected chi connectivity index (χ1v) is 10.9. The predicted molar refractivity (Wildman–Crippen MR) is 122 cm³/mol. The van der Waals surface area contributed by atoms with Gasteiger partial charge >= 0.3 is 0 Å². The summed E-state index contributed by atoms with van der Waals surface area (Å²) in [5.74, 6) is 0.585. The van der Waals surface area contributed by atoms with E-state index in [-0.39, 0.29) is 17.5 Å². The number of amides is 1. The Kier molecular flexibility index (Phi) is 6.52. The molecule has 158 valence electrons. The van der Waals surface area contributed by atoms with Crippen LogP contribution < -0.4 is 9.64 Å². The molecule has 0 N–H and O–H groups in total. The molecule has 31 heavy (non-hydrogen) atoms. The van der Waals surface area contributed by atoms with Gasteiger partial charge in [0.2, 0.25) is 5.91 Å². The SMILES string of the molecule is CN(C(=O)CSc1nc2ccccc2n1CCOc1ccc(F)cc1)c1ccccc1. The molecule has 0 spiro atoms. The van der Waals surface area contributed by atoms with Gasteiger partial charge in [0.05, 0.1) is 23.3 Å². The number of fused-ring (bicyclic) bond motifs is 1. The summed E-state index contributed by atoms with van der Waals surface area (Å²) in [5, 5.41) is 0.763. The highest BCUT2D eigenvalue weighted by molar-refractivity contribution is 7.99. The highest BCUT2D eigenvalue weighted by Gasteiger charge is 2.16. The molecular formula is C24H22FN3O2S. The van der Waals surface area contributed by atoms with Crippen molar-refractivity contribution in [3.8, 4) is 5.75 Å². The molecule has 1 heterocycles. The van der Waals surface area contributed by atoms with Gasteiger partial charge in [-0.05, 0) is 48.5 Å². The van der Waals surface area contributed by atoms with Gasteiger partial charge in [-0.25, -0.2) is 9.37 Å². The van der Waals surface area contributed by atoms with Gasteiger partial charge in [-0.15, -0.1) is 0 Å². The van der Waals surface area contributed by atoms with E-state index in [1.807, 2.05) is 54.6 Å². The summed E-state index contributed by atoms with van der Waals surface area (Å²) in [7, 11) is 1.78. The van der Waals surface area contributed by atoms with Gasteiger partial charge in [-0.2, -0.15) is 0 Å². The average molecular weight is 436 g/mol. The summed E-state index contributed by atoms with van der Waals surface area (Å²) in [4.78, 5) is 19.0. The van der Waals surface area contributed by atoms with Crippen molar-refractivity contribution in [3.63, 3.8) is 0 Å². The molecule has 0 saturated carbocycles. The van der Waals surface area contributed by atoms with Crippen molar-refractivity contribution in [1.29, 1.82) is 0 Å². The normalized spacial score (nSPS) is 10.9. The molecule has 0 unspecified atom stereocenters. The molecule has 0 saturated heterocycles. The minimum atomic E-state index is -0.295. The molecule has 5 nitrogen and oxygen atoms in total. The first-order chi connectivity index (χ1) is 15.1. The van der Waals surface area contributed by atoms with Crippen molar-refractivity contribution in [2.75, 3.05) is 24.3 Å². The van der Waals surface area contributed by atoms with Gasteiger partial charge in [-0.3, -0.25) is 4.79 Å². The fraction of sp³-hybridized carbons (Fsp3) is 0.167. The Morgan fingerprint density at radius 2 is 1.74 bits per heavy atom. The molecule has 4 aromatic rings. The lowest BCUT2D eigenvalue weighted by Gasteiger charge is -2.17. The van der Waals surface area contributed by atoms with E-state index in [0.717, 1.165) is 21.9 Å². The number of rotatable bonds is 8. The second-order valence-corrected chi connectivity index (χ2v) is 7.86. The van der Waals surface area contributed by atoms with Crippen LogP contribution in [0.1, 0.15) is 0 Å². The quantitative estimate of drug-likeness (QED) is 0.365. The number of anilines is 1. The van der Waals surface area contributed by atoms with Crippen LogP contribution in [0.25, 0.3) is 11.0 Å². The highest BCUT2D eigenvalue weighted by atomic mass is 32.2. The number of thioether (sulfide) groups is 1. The van der Waals surface area contributed by atoms with E-state index in [1.165, 1.54) is 23.9 Å². The Balaban J connectivity index is 1.45. The third kappa shape index (κ3) is 5.06. The lowest BCUT2D eigenvalue weighted by atomic mass is 10.3. The predicted octanol–water partition coefficient (Wildman–Crippen LogP) is 5.01. The Hall–Kier alpha value is -3.32. The fourth-order valence-electron chi connectivity index (χ4n) is 3.18. The second kappa shape index (κ2) is 9.66. The third-order valence-corrected chi connectivity index (χ3v) is 5.82. The summed E-state index contributed by atoms with van der Waals surface area (Å²) in [6.45, 7) is 0.959. The summed E-state index contributed by atoms with van der Waals surface area (Å²) in [6.07, 6.45) is 0. The first kappa shape index (κ1) is 20.9. The molecule has 4 rings (SSSR count). The van der Waals surface area contributed by atoms with E-state index in [1.54, 1.807) is 24.1 Å². The number of imidazole rings is 1. The van der Waals surface area contributed by atoms with Crippen molar-refractivity contribution in [2.24, 2.45) is 0 Å². The first-order valence-electron chi connectivity index (χ1n) is 9.90. The van der Waals surface area contributed by atoms with Gasteiger partial charge in [0, 0.05) is 12.7 Å². The number of hydrogen-bond donors (Lipinski definition) is 0. The average Bonchev–Trinajstić information content (AvgIpc) is 3.16. The van der Waals surface area contributed by atoms with Crippen molar-refractivity contribution >= 4 is 34.4 Å². The Bertz CT molecular complexity index is 1160. The van der Waals surface area contributed by atoms with Crippen LogP contribution in [0.3, 0.4) is 0 Å². The number of hydrogen-bond acceptors (Lipinski definition) is 4. The molecule has 7 heteroatoms. The third-order valence-electron chi connectivity index (χ3n) is 4.86. The topological polar surface area (TPSA) is 47.4 Å². The van der Waals surface area contributed by atoms with Crippen LogP contribution in [0.15, 0.2) is 84.0 Å². The molecule has 3 aromatic carbocycles. The van der Waals surface area contributed by atoms with Crippen LogP contribution >= 0.6 is 11.8 Å². The Labute approximate surface area is 184 Å². The minimum Gasteiger partial charge on any atom is -0.492 e. The summed E-state index contributed by atoms with van der Waals surface area (Å²) >= 11 is 1.41. The second-order valence-electron chi connectivity index (χ2n) is 6.91. The van der Waals surface area contributed by atoms with Gasteiger partial charge in [0.25, 0.3) is 0 Å². The number of halogens is 1. The fourth-order valence-corrected chi connectivity index (χ4v) is 4.14. The highest BCUT2D eigenvalue weighted by Crippen LogP contribution is 2.25. The zero-order valence-corrected chi connectivity index (χ0v) is 17.9. The van der Waals surface area contributed by atoms with E-state index in [2.05, 4.69) is 4.57 Å². The van der Waals surface area contributed by atoms with Crippen LogP contribution in [0.5, 0.6) is 5.75 Å². The van der Waals surface area contributed by atoms with Crippen molar-refractivity contribution in [1.82, 2.24) is 9.55 Å². The molecule has 1 amide bonds. The summed E-state index contributed by atoms with van der Waals surface area (Å²) in [6, 6.07) is 23.4. The number of carbonyl (C=O) groups is 1. The standard InChI is InChI=1S/C24H22FN3O2S/c1-27(19-7-3-2-4-8-19)23(29)17-31-24-26-21-9-5-6-10-22(21)28(24)15-16-30-20-13-11-18(25)12-14-20/h2-14H,15-17H2,1H3. The number of aromatic nitrogens is 2. The molecule has 0 bridgehead atoms. The van der Waals surface area contributed by atoms with Crippen LogP contribution in [0, 0.1) is 5.82 Å². The van der Waals surface area contributed by atoms with Gasteiger partial charge < -0.3 is 14.2 Å². The van der Waals surface area contributed by atoms with Crippen molar-refractivity contribution in [3.05, 3.63) is 84.7 Å². The van der Waals surface area contributed by atoms with Gasteiger partial charge in [0.15, 0.2) is 5.16 Å².